The van der Waals surface area contributed by atoms with Crippen LogP contribution in [-0.2, 0) is 9.84 Å². The van der Waals surface area contributed by atoms with Crippen molar-refractivity contribution in [2.24, 2.45) is 0 Å². The number of halogens is 1. The van der Waals surface area contributed by atoms with Crippen molar-refractivity contribution in [2.45, 2.75) is 12.5 Å². The molecule has 4 nitrogen and oxygen atoms in total. The lowest BCUT2D eigenvalue weighted by molar-refractivity contribution is 0.601. The number of nitrogens with zero attached hydrogens (tertiary/aromatic N) is 2. The van der Waals surface area contributed by atoms with Crippen molar-refractivity contribution >= 4 is 31.5 Å². The van der Waals surface area contributed by atoms with Crippen LogP contribution in [0, 0.1) is 11.3 Å². The molecule has 6 heteroatoms. The molecule has 0 aromatic heterocycles. The molecule has 0 N–H and O–H groups in total. The topological polar surface area (TPSA) is 61.2 Å². The van der Waals surface area contributed by atoms with Gasteiger partial charge < -0.3 is 4.90 Å². The van der Waals surface area contributed by atoms with Gasteiger partial charge in [0.05, 0.1) is 17.1 Å². The van der Waals surface area contributed by atoms with Gasteiger partial charge in [0.2, 0.25) is 0 Å². The first-order chi connectivity index (χ1) is 8.43. The molecule has 1 saturated heterocycles. The second-order valence-corrected chi connectivity index (χ2v) is 7.53. The zero-order valence-corrected chi connectivity index (χ0v) is 12.3. The molecule has 1 fully saturated rings. The average Bonchev–Trinajstić information content (AvgIpc) is 2.68. The van der Waals surface area contributed by atoms with Gasteiger partial charge in [0.1, 0.15) is 6.07 Å². The van der Waals surface area contributed by atoms with E-state index in [4.69, 9.17) is 5.26 Å². The molecule has 1 atom stereocenters. The number of sulfone groups is 1. The van der Waals surface area contributed by atoms with E-state index in [0.717, 1.165) is 10.2 Å². The second-order valence-electron chi connectivity index (χ2n) is 4.44. The first kappa shape index (κ1) is 13.4. The van der Waals surface area contributed by atoms with Crippen LogP contribution in [-0.4, -0.2) is 33.0 Å². The summed E-state index contributed by atoms with van der Waals surface area (Å²) in [5.41, 5.74) is 1.49. The first-order valence-corrected chi connectivity index (χ1v) is 8.17. The fourth-order valence-corrected chi connectivity index (χ4v) is 4.34. The highest BCUT2D eigenvalue weighted by molar-refractivity contribution is 9.10. The Morgan fingerprint density at radius 3 is 2.72 bits per heavy atom. The standard InChI is InChI=1S/C12H13BrN2O2S/c1-15(11-4-5-18(16,17)8-11)10-3-2-9(7-14)12(13)6-10/h2-3,6,11H,4-5,8H2,1H3. The molecule has 1 aromatic rings. The van der Waals surface area contributed by atoms with Crippen LogP contribution in [0.15, 0.2) is 22.7 Å². The van der Waals surface area contributed by atoms with Crippen LogP contribution in [0.4, 0.5) is 5.69 Å². The largest absolute Gasteiger partial charge is 0.371 e. The summed E-state index contributed by atoms with van der Waals surface area (Å²) in [6.45, 7) is 0. The van der Waals surface area contributed by atoms with E-state index in [-0.39, 0.29) is 17.5 Å². The molecule has 0 bridgehead atoms. The van der Waals surface area contributed by atoms with Crippen molar-refractivity contribution in [3.05, 3.63) is 28.2 Å². The quantitative estimate of drug-likeness (QED) is 0.832. The normalized spacial score (nSPS) is 21.5. The van der Waals surface area contributed by atoms with Crippen LogP contribution in [0.5, 0.6) is 0 Å². The van der Waals surface area contributed by atoms with Gasteiger partial charge in [-0.15, -0.1) is 0 Å². The third-order valence-electron chi connectivity index (χ3n) is 3.24. The Labute approximate surface area is 115 Å². The van der Waals surface area contributed by atoms with Crippen LogP contribution in [0.1, 0.15) is 12.0 Å². The third-order valence-corrected chi connectivity index (χ3v) is 5.64. The molecule has 96 valence electrons. The fourth-order valence-electron chi connectivity index (χ4n) is 2.11. The van der Waals surface area contributed by atoms with Crippen LogP contribution in [0.2, 0.25) is 0 Å². The van der Waals surface area contributed by atoms with Crippen molar-refractivity contribution in [1.29, 1.82) is 5.26 Å². The maximum atomic E-state index is 11.5. The molecule has 0 saturated carbocycles. The first-order valence-electron chi connectivity index (χ1n) is 5.56. The molecule has 0 radical (unpaired) electrons. The summed E-state index contributed by atoms with van der Waals surface area (Å²) in [5.74, 6) is 0.473. The maximum absolute atomic E-state index is 11.5. The molecule has 1 aliphatic heterocycles. The van der Waals surface area contributed by atoms with Gasteiger partial charge in [0.25, 0.3) is 0 Å². The van der Waals surface area contributed by atoms with E-state index in [9.17, 15) is 8.42 Å². The number of benzene rings is 1. The highest BCUT2D eigenvalue weighted by Crippen LogP contribution is 2.27. The predicted octanol–water partition coefficient (Wildman–Crippen LogP) is 1.94. The van der Waals surface area contributed by atoms with Crippen LogP contribution >= 0.6 is 15.9 Å². The third kappa shape index (κ3) is 2.68. The number of hydrogen-bond donors (Lipinski definition) is 0. The van der Waals surface area contributed by atoms with Crippen molar-refractivity contribution in [3.63, 3.8) is 0 Å². The molecule has 1 unspecified atom stereocenters. The molecule has 0 aliphatic carbocycles. The van der Waals surface area contributed by atoms with Crippen LogP contribution in [0.25, 0.3) is 0 Å². The van der Waals surface area contributed by atoms with E-state index in [1.807, 2.05) is 24.1 Å². The lowest BCUT2D eigenvalue weighted by Gasteiger charge is -2.25. The zero-order valence-electron chi connectivity index (χ0n) is 9.93. The van der Waals surface area contributed by atoms with E-state index in [1.54, 1.807) is 6.07 Å². The predicted molar refractivity (Wildman–Crippen MR) is 74.3 cm³/mol. The van der Waals surface area contributed by atoms with Gasteiger partial charge in [-0.25, -0.2) is 8.42 Å². The SMILES string of the molecule is CN(c1ccc(C#N)c(Br)c1)C1CCS(=O)(=O)C1. The zero-order chi connectivity index (χ0) is 13.3. The summed E-state index contributed by atoms with van der Waals surface area (Å²) in [7, 11) is -0.989. The Bertz CT molecular complexity index is 607. The molecule has 1 aliphatic rings. The molecular weight excluding hydrogens is 316 g/mol. The monoisotopic (exact) mass is 328 g/mol. The van der Waals surface area contributed by atoms with Gasteiger partial charge in [0, 0.05) is 23.2 Å². The minimum absolute atomic E-state index is 0.0230. The number of nitriles is 1. The van der Waals surface area contributed by atoms with Crippen molar-refractivity contribution in [2.75, 3.05) is 23.5 Å². The lowest BCUT2D eigenvalue weighted by atomic mass is 10.1. The molecule has 0 amide bonds. The Morgan fingerprint density at radius 2 is 2.22 bits per heavy atom. The summed E-state index contributed by atoms with van der Waals surface area (Å²) < 4.78 is 23.7. The summed E-state index contributed by atoms with van der Waals surface area (Å²) in [6, 6.07) is 7.53. The molecule has 0 spiro atoms. The highest BCUT2D eigenvalue weighted by Gasteiger charge is 2.30. The van der Waals surface area contributed by atoms with Gasteiger partial charge in [-0.2, -0.15) is 5.26 Å². The average molecular weight is 329 g/mol. The van der Waals surface area contributed by atoms with Gasteiger partial charge in [-0.1, -0.05) is 0 Å². The van der Waals surface area contributed by atoms with Gasteiger partial charge >= 0.3 is 0 Å². The van der Waals surface area contributed by atoms with Gasteiger partial charge in [0.15, 0.2) is 9.84 Å². The van der Waals surface area contributed by atoms with Crippen molar-refractivity contribution in [1.82, 2.24) is 0 Å². The van der Waals surface area contributed by atoms with E-state index in [2.05, 4.69) is 22.0 Å². The maximum Gasteiger partial charge on any atom is 0.152 e. The van der Waals surface area contributed by atoms with E-state index < -0.39 is 9.84 Å². The smallest absolute Gasteiger partial charge is 0.152 e. The van der Waals surface area contributed by atoms with Gasteiger partial charge in [-0.05, 0) is 40.5 Å². The molecule has 1 aromatic carbocycles. The van der Waals surface area contributed by atoms with E-state index >= 15 is 0 Å². The summed E-state index contributed by atoms with van der Waals surface area (Å²) in [6.07, 6.45) is 0.663. The van der Waals surface area contributed by atoms with Crippen molar-refractivity contribution in [3.8, 4) is 6.07 Å². The molecule has 18 heavy (non-hydrogen) atoms. The van der Waals surface area contributed by atoms with Crippen molar-refractivity contribution < 1.29 is 8.42 Å². The summed E-state index contributed by atoms with van der Waals surface area (Å²) in [4.78, 5) is 1.97. The fraction of sp³-hybridized carbons (Fsp3) is 0.417. The number of rotatable bonds is 2. The summed E-state index contributed by atoms with van der Waals surface area (Å²) in [5, 5.41) is 8.86. The van der Waals surface area contributed by atoms with E-state index in [1.165, 1.54) is 0 Å². The van der Waals surface area contributed by atoms with Crippen LogP contribution in [0.3, 0.4) is 0 Å². The Balaban J connectivity index is 2.22. The van der Waals surface area contributed by atoms with E-state index in [0.29, 0.717) is 12.0 Å². The minimum atomic E-state index is -2.88. The van der Waals surface area contributed by atoms with Crippen LogP contribution < -0.4 is 4.90 Å². The molecule has 1 heterocycles. The molecular formula is C12H13BrN2O2S. The number of anilines is 1. The second kappa shape index (κ2) is 4.90. The van der Waals surface area contributed by atoms with Gasteiger partial charge in [-0.3, -0.25) is 0 Å². The lowest BCUT2D eigenvalue weighted by Crippen LogP contribution is -2.32. The Morgan fingerprint density at radius 1 is 1.50 bits per heavy atom. The molecule has 2 rings (SSSR count). The highest BCUT2D eigenvalue weighted by atomic mass is 79.9. The Hall–Kier alpha value is -1.06. The summed E-state index contributed by atoms with van der Waals surface area (Å²) >= 11 is 3.34. The Kier molecular flexibility index (Phi) is 3.64. The number of hydrogen-bond acceptors (Lipinski definition) is 4. The minimum Gasteiger partial charge on any atom is -0.371 e.